The first-order valence-electron chi connectivity index (χ1n) is 5.82. The van der Waals surface area contributed by atoms with Crippen LogP contribution in [0.4, 0.5) is 0 Å². The normalized spacial score (nSPS) is 16.7. The van der Waals surface area contributed by atoms with Crippen molar-refractivity contribution in [3.05, 3.63) is 28.7 Å². The summed E-state index contributed by atoms with van der Waals surface area (Å²) in [6.45, 7) is 0. The molecular weight excluding hydrogens is 318 g/mol. The maximum absolute atomic E-state index is 12.1. The third kappa shape index (κ3) is 2.92. The maximum atomic E-state index is 12.1. The molecule has 1 N–H and O–H groups in total. The molecule has 0 radical (unpaired) electrons. The molecule has 0 spiro atoms. The van der Waals surface area contributed by atoms with E-state index in [0.29, 0.717) is 4.47 Å². The monoisotopic (exact) mass is 331 g/mol. The van der Waals surface area contributed by atoms with Gasteiger partial charge in [0.15, 0.2) is 0 Å². The minimum Gasteiger partial charge on any atom is -0.274 e. The van der Waals surface area contributed by atoms with E-state index >= 15 is 0 Å². The number of amides is 1. The molecule has 6 heteroatoms. The van der Waals surface area contributed by atoms with E-state index in [-0.39, 0.29) is 16.7 Å². The van der Waals surface area contributed by atoms with Gasteiger partial charge >= 0.3 is 0 Å². The summed E-state index contributed by atoms with van der Waals surface area (Å²) in [5.41, 5.74) is 0. The van der Waals surface area contributed by atoms with Crippen LogP contribution in [0.1, 0.15) is 25.7 Å². The Morgan fingerprint density at radius 3 is 2.44 bits per heavy atom. The lowest BCUT2D eigenvalue weighted by Crippen LogP contribution is -2.34. The summed E-state index contributed by atoms with van der Waals surface area (Å²) in [5.74, 6) is -0.550. The van der Waals surface area contributed by atoms with Crippen LogP contribution >= 0.6 is 15.9 Å². The summed E-state index contributed by atoms with van der Waals surface area (Å²) in [5, 5.41) is 0. The molecule has 1 aliphatic carbocycles. The highest BCUT2D eigenvalue weighted by Gasteiger charge is 2.27. The van der Waals surface area contributed by atoms with E-state index in [2.05, 4.69) is 20.7 Å². The molecule has 0 heterocycles. The zero-order chi connectivity index (χ0) is 13.2. The van der Waals surface area contributed by atoms with E-state index in [9.17, 15) is 13.2 Å². The van der Waals surface area contributed by atoms with E-state index in [0.717, 1.165) is 25.7 Å². The van der Waals surface area contributed by atoms with Crippen molar-refractivity contribution < 1.29 is 13.2 Å². The van der Waals surface area contributed by atoms with Crippen molar-refractivity contribution in [2.45, 2.75) is 30.6 Å². The van der Waals surface area contributed by atoms with Crippen LogP contribution in [0.15, 0.2) is 33.6 Å². The Kier molecular flexibility index (Phi) is 4.07. The van der Waals surface area contributed by atoms with Crippen LogP contribution in [0.25, 0.3) is 0 Å². The summed E-state index contributed by atoms with van der Waals surface area (Å²) >= 11 is 3.18. The minimum absolute atomic E-state index is 0.0938. The number of rotatable bonds is 3. The number of benzene rings is 1. The fraction of sp³-hybridized carbons (Fsp3) is 0.417. The van der Waals surface area contributed by atoms with E-state index in [1.807, 2.05) is 0 Å². The topological polar surface area (TPSA) is 63.2 Å². The van der Waals surface area contributed by atoms with Gasteiger partial charge in [0, 0.05) is 10.4 Å². The summed E-state index contributed by atoms with van der Waals surface area (Å²) in [6, 6.07) is 6.45. The second kappa shape index (κ2) is 5.40. The first-order chi connectivity index (χ1) is 8.50. The van der Waals surface area contributed by atoms with Gasteiger partial charge in [-0.2, -0.15) is 0 Å². The quantitative estimate of drug-likeness (QED) is 0.925. The van der Waals surface area contributed by atoms with Gasteiger partial charge in [0.1, 0.15) is 4.90 Å². The van der Waals surface area contributed by atoms with Gasteiger partial charge in [0.25, 0.3) is 10.0 Å². The molecule has 1 aliphatic rings. The number of halogens is 1. The third-order valence-electron chi connectivity index (χ3n) is 3.09. The van der Waals surface area contributed by atoms with Crippen molar-refractivity contribution in [3.63, 3.8) is 0 Å². The second-order valence-electron chi connectivity index (χ2n) is 4.38. The van der Waals surface area contributed by atoms with E-state index in [1.165, 1.54) is 6.07 Å². The Balaban J connectivity index is 2.17. The molecule has 18 heavy (non-hydrogen) atoms. The number of nitrogens with one attached hydrogen (secondary N) is 1. The number of hydrogen-bond acceptors (Lipinski definition) is 3. The van der Waals surface area contributed by atoms with Gasteiger partial charge in [-0.15, -0.1) is 0 Å². The Bertz CT molecular complexity index is 550. The van der Waals surface area contributed by atoms with E-state index < -0.39 is 10.0 Å². The van der Waals surface area contributed by atoms with E-state index in [1.54, 1.807) is 18.2 Å². The molecule has 1 fully saturated rings. The van der Waals surface area contributed by atoms with Gasteiger partial charge in [-0.3, -0.25) is 4.79 Å². The molecule has 0 aromatic heterocycles. The van der Waals surface area contributed by atoms with Gasteiger partial charge < -0.3 is 0 Å². The fourth-order valence-corrected chi connectivity index (χ4v) is 4.17. The van der Waals surface area contributed by atoms with Crippen LogP contribution in [-0.4, -0.2) is 14.3 Å². The molecule has 0 saturated heterocycles. The lowest BCUT2D eigenvalue weighted by Gasteiger charge is -2.11. The zero-order valence-corrected chi connectivity index (χ0v) is 12.1. The summed E-state index contributed by atoms with van der Waals surface area (Å²) in [4.78, 5) is 11.9. The van der Waals surface area contributed by atoms with Gasteiger partial charge in [0.05, 0.1) is 0 Å². The molecule has 0 bridgehead atoms. The first kappa shape index (κ1) is 13.5. The SMILES string of the molecule is O=C(NS(=O)(=O)c1ccccc1Br)C1CCCC1. The highest BCUT2D eigenvalue weighted by atomic mass is 79.9. The highest BCUT2D eigenvalue weighted by molar-refractivity contribution is 9.10. The van der Waals surface area contributed by atoms with Crippen molar-refractivity contribution in [2.24, 2.45) is 5.92 Å². The van der Waals surface area contributed by atoms with Crippen LogP contribution in [0.5, 0.6) is 0 Å². The molecule has 1 saturated carbocycles. The maximum Gasteiger partial charge on any atom is 0.265 e. The van der Waals surface area contributed by atoms with Crippen LogP contribution in [0.2, 0.25) is 0 Å². The third-order valence-corrected chi connectivity index (χ3v) is 5.45. The van der Waals surface area contributed by atoms with Crippen LogP contribution in [0.3, 0.4) is 0 Å². The summed E-state index contributed by atoms with van der Waals surface area (Å²) in [7, 11) is -3.77. The average Bonchev–Trinajstić information content (AvgIpc) is 2.82. The predicted molar refractivity (Wildman–Crippen MR) is 71.4 cm³/mol. The van der Waals surface area contributed by atoms with Crippen molar-refractivity contribution in [2.75, 3.05) is 0 Å². The number of carbonyl (C=O) groups excluding carboxylic acids is 1. The van der Waals surface area contributed by atoms with Crippen molar-refractivity contribution in [1.29, 1.82) is 0 Å². The second-order valence-corrected chi connectivity index (χ2v) is 6.89. The standard InChI is InChI=1S/C12H14BrNO3S/c13-10-7-3-4-8-11(10)18(16,17)14-12(15)9-5-1-2-6-9/h3-4,7-9H,1-2,5-6H2,(H,14,15). The lowest BCUT2D eigenvalue weighted by atomic mass is 10.1. The molecule has 98 valence electrons. The molecule has 0 atom stereocenters. The van der Waals surface area contributed by atoms with Gasteiger partial charge in [-0.05, 0) is 40.9 Å². The molecule has 1 aromatic rings. The minimum atomic E-state index is -3.77. The molecule has 1 amide bonds. The van der Waals surface area contributed by atoms with Crippen LogP contribution in [-0.2, 0) is 14.8 Å². The predicted octanol–water partition coefficient (Wildman–Crippen LogP) is 2.44. The molecule has 1 aromatic carbocycles. The first-order valence-corrected chi connectivity index (χ1v) is 8.09. The largest absolute Gasteiger partial charge is 0.274 e. The van der Waals surface area contributed by atoms with Gasteiger partial charge in [-0.25, -0.2) is 13.1 Å². The number of sulfonamides is 1. The fourth-order valence-electron chi connectivity index (χ4n) is 2.12. The highest BCUT2D eigenvalue weighted by Crippen LogP contribution is 2.26. The molecule has 0 aliphatic heterocycles. The Hall–Kier alpha value is -0.880. The Morgan fingerprint density at radius 1 is 1.22 bits per heavy atom. The molecule has 4 nitrogen and oxygen atoms in total. The van der Waals surface area contributed by atoms with Crippen molar-refractivity contribution in [1.82, 2.24) is 4.72 Å². The smallest absolute Gasteiger partial charge is 0.265 e. The molecule has 2 rings (SSSR count). The average molecular weight is 332 g/mol. The molecule has 0 unspecified atom stereocenters. The van der Waals surface area contributed by atoms with Crippen molar-refractivity contribution >= 4 is 31.9 Å². The lowest BCUT2D eigenvalue weighted by molar-refractivity contribution is -0.122. The van der Waals surface area contributed by atoms with E-state index in [4.69, 9.17) is 0 Å². The van der Waals surface area contributed by atoms with Gasteiger partial charge in [-0.1, -0.05) is 25.0 Å². The van der Waals surface area contributed by atoms with Crippen LogP contribution in [0, 0.1) is 5.92 Å². The molecular formula is C12H14BrNO3S. The van der Waals surface area contributed by atoms with Crippen LogP contribution < -0.4 is 4.72 Å². The number of hydrogen-bond donors (Lipinski definition) is 1. The number of carbonyl (C=O) groups is 1. The van der Waals surface area contributed by atoms with Crippen molar-refractivity contribution in [3.8, 4) is 0 Å². The Labute approximate surface area is 115 Å². The van der Waals surface area contributed by atoms with Gasteiger partial charge in [0.2, 0.25) is 5.91 Å². The Morgan fingerprint density at radius 2 is 1.83 bits per heavy atom. The summed E-state index contributed by atoms with van der Waals surface area (Å²) < 4.78 is 26.7. The summed E-state index contributed by atoms with van der Waals surface area (Å²) in [6.07, 6.45) is 3.54. The zero-order valence-electron chi connectivity index (χ0n) is 9.73.